The number of halogens is 2. The molecule has 1 aliphatic heterocycles. The molecule has 1 fully saturated rings. The third-order valence-electron chi connectivity index (χ3n) is 7.42. The molecule has 1 aliphatic carbocycles. The molecule has 0 spiro atoms. The Labute approximate surface area is 220 Å². The number of para-hydroxylation sites is 1. The normalized spacial score (nSPS) is 17.0. The Bertz CT molecular complexity index is 1440. The molecule has 0 bridgehead atoms. The number of carbonyl (C=O) groups excluding carboxylic acids is 3. The third-order valence-corrected chi connectivity index (χ3v) is 7.42. The molecule has 0 aromatic heterocycles. The van der Waals surface area contributed by atoms with Crippen LogP contribution in [0.3, 0.4) is 0 Å². The first-order chi connectivity index (χ1) is 18.2. The van der Waals surface area contributed by atoms with E-state index in [-0.39, 0.29) is 23.1 Å². The van der Waals surface area contributed by atoms with Crippen molar-refractivity contribution in [2.45, 2.75) is 58.5 Å². The van der Waals surface area contributed by atoms with Gasteiger partial charge in [-0.1, -0.05) is 48.7 Å². The van der Waals surface area contributed by atoms with E-state index in [9.17, 15) is 23.2 Å². The predicted molar refractivity (Wildman–Crippen MR) is 141 cm³/mol. The van der Waals surface area contributed by atoms with E-state index in [1.807, 2.05) is 26.0 Å². The molecule has 6 nitrogen and oxygen atoms in total. The van der Waals surface area contributed by atoms with Crippen LogP contribution in [0.15, 0.2) is 48.5 Å². The smallest absolute Gasteiger partial charge is 0.260 e. The summed E-state index contributed by atoms with van der Waals surface area (Å²) >= 11 is 0. The van der Waals surface area contributed by atoms with Gasteiger partial charge in [0.25, 0.3) is 11.8 Å². The zero-order chi connectivity index (χ0) is 27.1. The summed E-state index contributed by atoms with van der Waals surface area (Å²) in [4.78, 5) is 42.7. The van der Waals surface area contributed by atoms with E-state index in [1.54, 1.807) is 25.1 Å². The van der Waals surface area contributed by atoms with Crippen LogP contribution in [0.5, 0.6) is 0 Å². The molecule has 8 heteroatoms. The zero-order valence-electron chi connectivity index (χ0n) is 21.5. The molecule has 3 aromatic carbocycles. The highest BCUT2D eigenvalue weighted by Gasteiger charge is 2.45. The zero-order valence-corrected chi connectivity index (χ0v) is 21.5. The average molecular weight is 518 g/mol. The van der Waals surface area contributed by atoms with Gasteiger partial charge in [-0.2, -0.15) is 0 Å². The molecule has 2 aliphatic rings. The fourth-order valence-corrected chi connectivity index (χ4v) is 5.58. The van der Waals surface area contributed by atoms with Crippen molar-refractivity contribution < 1.29 is 23.2 Å². The summed E-state index contributed by atoms with van der Waals surface area (Å²) in [6, 6.07) is 11.2. The maximum absolute atomic E-state index is 14.3. The van der Waals surface area contributed by atoms with Gasteiger partial charge >= 0.3 is 0 Å². The minimum atomic E-state index is -0.989. The highest BCUT2D eigenvalue weighted by Crippen LogP contribution is 2.42. The Morgan fingerprint density at radius 3 is 2.26 bits per heavy atom. The largest absolute Gasteiger partial charge is 0.351 e. The summed E-state index contributed by atoms with van der Waals surface area (Å²) in [5, 5.41) is 5.40. The lowest BCUT2D eigenvalue weighted by Crippen LogP contribution is -2.43. The minimum Gasteiger partial charge on any atom is -0.351 e. The third kappa shape index (κ3) is 4.44. The summed E-state index contributed by atoms with van der Waals surface area (Å²) in [5.41, 5.74) is 2.66. The van der Waals surface area contributed by atoms with E-state index in [1.165, 1.54) is 11.0 Å². The number of aryl methyl sites for hydroxylation is 3. The second kappa shape index (κ2) is 10.0. The van der Waals surface area contributed by atoms with Gasteiger partial charge in [-0.25, -0.2) is 8.78 Å². The molecule has 5 rings (SSSR count). The lowest BCUT2D eigenvalue weighted by Gasteiger charge is -2.27. The van der Waals surface area contributed by atoms with E-state index in [4.69, 9.17) is 0 Å². The Hall–Kier alpha value is -4.07. The van der Waals surface area contributed by atoms with Gasteiger partial charge in [0, 0.05) is 11.7 Å². The molecule has 1 unspecified atom stereocenters. The van der Waals surface area contributed by atoms with Crippen molar-refractivity contribution in [2.75, 3.05) is 10.2 Å². The molecule has 0 saturated heterocycles. The van der Waals surface area contributed by atoms with Crippen LogP contribution in [0.4, 0.5) is 20.2 Å². The van der Waals surface area contributed by atoms with Crippen LogP contribution in [0.2, 0.25) is 0 Å². The van der Waals surface area contributed by atoms with E-state index >= 15 is 0 Å². The number of hydrogen-bond donors (Lipinski definition) is 2. The lowest BCUT2D eigenvalue weighted by molar-refractivity contribution is -0.123. The van der Waals surface area contributed by atoms with Crippen molar-refractivity contribution in [3.8, 4) is 0 Å². The van der Waals surface area contributed by atoms with Crippen molar-refractivity contribution in [2.24, 2.45) is 0 Å². The molecule has 0 radical (unpaired) electrons. The van der Waals surface area contributed by atoms with Crippen LogP contribution < -0.4 is 15.5 Å². The number of anilines is 2. The number of benzene rings is 3. The van der Waals surface area contributed by atoms with Crippen molar-refractivity contribution in [1.29, 1.82) is 0 Å². The van der Waals surface area contributed by atoms with E-state index < -0.39 is 35.2 Å². The fourth-order valence-electron chi connectivity index (χ4n) is 5.58. The SMILES string of the molecule is Cc1ccc(N2C(=O)c3c(ccc(C)c3C(=O)Nc3c(F)cccc3F)C2C(=O)NC2CCCC2)c(C)c1. The van der Waals surface area contributed by atoms with Gasteiger partial charge < -0.3 is 10.6 Å². The van der Waals surface area contributed by atoms with E-state index in [0.29, 0.717) is 16.8 Å². The number of fused-ring (bicyclic) bond motifs is 1. The van der Waals surface area contributed by atoms with Crippen molar-refractivity contribution in [3.63, 3.8) is 0 Å². The average Bonchev–Trinajstić information content (AvgIpc) is 3.47. The molecule has 2 N–H and O–H groups in total. The molecule has 3 amide bonds. The van der Waals surface area contributed by atoms with Crippen LogP contribution in [-0.2, 0) is 4.79 Å². The molecular formula is C30H29F2N3O3. The molecule has 3 aromatic rings. The first-order valence-electron chi connectivity index (χ1n) is 12.8. The van der Waals surface area contributed by atoms with Gasteiger partial charge in [-0.3, -0.25) is 19.3 Å². The van der Waals surface area contributed by atoms with Crippen molar-refractivity contribution in [3.05, 3.63) is 93.5 Å². The maximum Gasteiger partial charge on any atom is 0.260 e. The van der Waals surface area contributed by atoms with Crippen LogP contribution in [0.25, 0.3) is 0 Å². The molecular weight excluding hydrogens is 488 g/mol. The molecule has 196 valence electrons. The molecule has 1 atom stereocenters. The summed E-state index contributed by atoms with van der Waals surface area (Å²) in [5.74, 6) is -3.52. The number of nitrogens with zero attached hydrogens (tertiary/aromatic N) is 1. The van der Waals surface area contributed by atoms with Gasteiger partial charge in [-0.15, -0.1) is 0 Å². The number of rotatable bonds is 5. The first kappa shape index (κ1) is 25.6. The second-order valence-corrected chi connectivity index (χ2v) is 10.1. The Morgan fingerprint density at radius 1 is 0.921 bits per heavy atom. The number of amides is 3. The number of hydrogen-bond acceptors (Lipinski definition) is 3. The van der Waals surface area contributed by atoms with Gasteiger partial charge in [0.1, 0.15) is 23.4 Å². The summed E-state index contributed by atoms with van der Waals surface area (Å²) in [6.45, 7) is 5.45. The topological polar surface area (TPSA) is 78.5 Å². The first-order valence-corrected chi connectivity index (χ1v) is 12.8. The molecule has 38 heavy (non-hydrogen) atoms. The van der Waals surface area contributed by atoms with Gasteiger partial charge in [0.05, 0.1) is 11.1 Å². The Kier molecular flexibility index (Phi) is 6.73. The second-order valence-electron chi connectivity index (χ2n) is 10.1. The monoisotopic (exact) mass is 517 g/mol. The van der Waals surface area contributed by atoms with Crippen molar-refractivity contribution >= 4 is 29.1 Å². The highest BCUT2D eigenvalue weighted by molar-refractivity contribution is 6.22. The minimum absolute atomic E-state index is 0.0129. The van der Waals surface area contributed by atoms with E-state index in [2.05, 4.69) is 10.6 Å². The van der Waals surface area contributed by atoms with Crippen LogP contribution in [0, 0.1) is 32.4 Å². The van der Waals surface area contributed by atoms with Gasteiger partial charge in [-0.05, 0) is 68.5 Å². The quantitative estimate of drug-likeness (QED) is 0.442. The summed E-state index contributed by atoms with van der Waals surface area (Å²) in [7, 11) is 0. The van der Waals surface area contributed by atoms with Crippen molar-refractivity contribution in [1.82, 2.24) is 5.32 Å². The summed E-state index contributed by atoms with van der Waals surface area (Å²) in [6.07, 6.45) is 3.81. The van der Waals surface area contributed by atoms with Gasteiger partial charge in [0.15, 0.2) is 0 Å². The van der Waals surface area contributed by atoms with E-state index in [0.717, 1.165) is 48.9 Å². The summed E-state index contributed by atoms with van der Waals surface area (Å²) < 4.78 is 28.6. The van der Waals surface area contributed by atoms with Crippen LogP contribution in [0.1, 0.15) is 74.7 Å². The standard InChI is InChI=1S/C30H29F2N3O3/c1-16-11-14-23(18(3)15-16)35-27(29(37)33-19-7-4-5-8-19)20-13-12-17(2)24(25(20)30(35)38)28(36)34-26-21(31)9-6-10-22(26)32/h6,9-15,19,27H,4-5,7-8H2,1-3H3,(H,33,37)(H,34,36). The van der Waals surface area contributed by atoms with Gasteiger partial charge in [0.2, 0.25) is 5.91 Å². The molecule has 1 saturated carbocycles. The van der Waals surface area contributed by atoms with Crippen LogP contribution in [-0.4, -0.2) is 23.8 Å². The Balaban J connectivity index is 1.62. The number of carbonyl (C=O) groups is 3. The number of nitrogens with one attached hydrogen (secondary N) is 2. The molecule has 1 heterocycles. The maximum atomic E-state index is 14.3. The van der Waals surface area contributed by atoms with Crippen LogP contribution >= 0.6 is 0 Å². The fraction of sp³-hybridized carbons (Fsp3) is 0.300. The Morgan fingerprint density at radius 2 is 1.61 bits per heavy atom. The highest BCUT2D eigenvalue weighted by atomic mass is 19.1. The predicted octanol–water partition coefficient (Wildman–Crippen LogP) is 5.90. The lowest BCUT2D eigenvalue weighted by atomic mass is 9.94.